The number of halogens is 1. The minimum absolute atomic E-state index is 0. The van der Waals surface area contributed by atoms with Crippen molar-refractivity contribution in [1.82, 2.24) is 0 Å². The fourth-order valence-electron chi connectivity index (χ4n) is 4.93. The van der Waals surface area contributed by atoms with Crippen molar-refractivity contribution in [2.75, 3.05) is 0 Å². The van der Waals surface area contributed by atoms with Gasteiger partial charge in [0.25, 0.3) is 0 Å². The molecule has 6 aromatic rings. The molecule has 0 atom stereocenters. The van der Waals surface area contributed by atoms with Gasteiger partial charge in [0.1, 0.15) is 0 Å². The van der Waals surface area contributed by atoms with Crippen LogP contribution >= 0.6 is 35.2 Å². The number of hydrogen-bond acceptors (Lipinski definition) is 0. The first kappa shape index (κ1) is 48.1. The Morgan fingerprint density at radius 3 is 0.679 bits per heavy atom. The van der Waals surface area contributed by atoms with Crippen LogP contribution in [-0.4, -0.2) is 0 Å². The minimum Gasteiger partial charge on any atom is -0.0622 e. The SMILES string of the molecule is C=CCCC[CH2-].C=CCCC[CH2-].[CH3-].[I][Pt].c1ccc(P(c2ccccc2)c2ccccc2)cc1.c1ccc(P(c2ccccc2)c2ccccc2)cc1. The fourth-order valence-corrected chi connectivity index (χ4v) is 9.54. The predicted octanol–water partition coefficient (Wildman–Crippen LogP) is 12.6. The number of hydrogen-bond donors (Lipinski definition) is 0. The molecule has 0 radical (unpaired) electrons. The molecular weight excluding hydrogens is 972 g/mol. The van der Waals surface area contributed by atoms with Gasteiger partial charge in [-0.05, 0) is 60.5 Å². The van der Waals surface area contributed by atoms with Gasteiger partial charge in [0.15, 0.2) is 0 Å². The second-order valence-electron chi connectivity index (χ2n) is 11.3. The van der Waals surface area contributed by atoms with Gasteiger partial charge >= 0.3 is 35.5 Å². The molecule has 4 heteroatoms. The van der Waals surface area contributed by atoms with Gasteiger partial charge in [-0.3, -0.25) is 0 Å². The van der Waals surface area contributed by atoms with Crippen LogP contribution in [0.15, 0.2) is 207 Å². The molecule has 0 spiro atoms. The van der Waals surface area contributed by atoms with Crippen LogP contribution in [0, 0.1) is 21.3 Å². The van der Waals surface area contributed by atoms with E-state index >= 15 is 0 Å². The molecule has 0 aliphatic rings. The summed E-state index contributed by atoms with van der Waals surface area (Å²) in [5.74, 6) is 0. The zero-order valence-electron chi connectivity index (χ0n) is 31.1. The topological polar surface area (TPSA) is 0 Å². The Hall–Kier alpha value is -2.92. The fraction of sp³-hybridized carbons (Fsp3) is 0.122. The summed E-state index contributed by atoms with van der Waals surface area (Å²) in [5, 5.41) is 8.39. The van der Waals surface area contributed by atoms with Gasteiger partial charge in [-0.25, -0.2) is 0 Å². The Labute approximate surface area is 347 Å². The summed E-state index contributed by atoms with van der Waals surface area (Å²) >= 11 is 4.23. The van der Waals surface area contributed by atoms with Crippen molar-refractivity contribution in [3.63, 3.8) is 0 Å². The molecule has 0 saturated carbocycles. The monoisotopic (exact) mass is 1030 g/mol. The van der Waals surface area contributed by atoms with Crippen LogP contribution in [0.1, 0.15) is 38.5 Å². The molecule has 0 fully saturated rings. The van der Waals surface area contributed by atoms with Crippen molar-refractivity contribution in [1.29, 1.82) is 0 Å². The molecule has 0 amide bonds. The van der Waals surface area contributed by atoms with Crippen molar-refractivity contribution in [3.8, 4) is 0 Å². The van der Waals surface area contributed by atoms with Crippen molar-refractivity contribution in [3.05, 3.63) is 229 Å². The van der Waals surface area contributed by atoms with Gasteiger partial charge in [-0.2, -0.15) is 12.8 Å². The average Bonchev–Trinajstić information content (AvgIpc) is 3.23. The molecule has 0 heterocycles. The van der Waals surface area contributed by atoms with Crippen molar-refractivity contribution in [2.45, 2.75) is 38.5 Å². The largest absolute Gasteiger partial charge is 0.0622 e. The Balaban J connectivity index is 0.000000389. The van der Waals surface area contributed by atoms with E-state index in [2.05, 4.69) is 244 Å². The van der Waals surface area contributed by atoms with E-state index in [1.165, 1.54) is 44.7 Å². The Morgan fingerprint density at radius 1 is 0.396 bits per heavy atom. The van der Waals surface area contributed by atoms with Crippen molar-refractivity contribution in [2.24, 2.45) is 0 Å². The van der Waals surface area contributed by atoms with E-state index in [4.69, 9.17) is 0 Å². The van der Waals surface area contributed by atoms with E-state index in [1.54, 1.807) is 0 Å². The van der Waals surface area contributed by atoms with Crippen molar-refractivity contribution >= 4 is 67.0 Å². The molecule has 53 heavy (non-hydrogen) atoms. The van der Waals surface area contributed by atoms with Gasteiger partial charge in [0.05, 0.1) is 0 Å². The van der Waals surface area contributed by atoms with Crippen LogP contribution < -0.4 is 31.8 Å². The summed E-state index contributed by atoms with van der Waals surface area (Å²) in [6, 6.07) is 64.7. The summed E-state index contributed by atoms with van der Waals surface area (Å²) in [6.07, 6.45) is 10.5. The van der Waals surface area contributed by atoms with Gasteiger partial charge < -0.3 is 21.3 Å². The van der Waals surface area contributed by atoms with E-state index in [1.807, 2.05) is 12.2 Å². The summed E-state index contributed by atoms with van der Waals surface area (Å²) in [5.41, 5.74) is 0. The number of allylic oxidation sites excluding steroid dienone is 2. The third-order valence-corrected chi connectivity index (χ3v) is 12.3. The molecule has 0 nitrogen and oxygen atoms in total. The summed E-state index contributed by atoms with van der Waals surface area (Å²) in [4.78, 5) is 0. The molecule has 6 rings (SSSR count). The predicted molar refractivity (Wildman–Crippen MR) is 250 cm³/mol. The first-order valence-electron chi connectivity index (χ1n) is 17.6. The third-order valence-electron chi connectivity index (χ3n) is 7.40. The molecule has 281 valence electrons. The molecular formula is C49H55IP2Pt-3. The van der Waals surface area contributed by atoms with Crippen LogP contribution in [0.5, 0.6) is 0 Å². The maximum atomic E-state index is 3.68. The van der Waals surface area contributed by atoms with E-state index < -0.39 is 15.8 Å². The number of unbranched alkanes of at least 4 members (excludes halogenated alkanes) is 4. The van der Waals surface area contributed by atoms with E-state index in [0.29, 0.717) is 0 Å². The van der Waals surface area contributed by atoms with Gasteiger partial charge in [-0.1, -0.05) is 207 Å². The molecule has 0 bridgehead atoms. The molecule has 0 saturated heterocycles. The normalized spacial score (nSPS) is 9.57. The van der Waals surface area contributed by atoms with Gasteiger partial charge in [0, 0.05) is 0 Å². The smallest absolute Gasteiger partial charge is 0.0134 e. The van der Waals surface area contributed by atoms with Gasteiger partial charge in [-0.15, -0.1) is 13.2 Å². The van der Waals surface area contributed by atoms with Gasteiger partial charge in [0.2, 0.25) is 0 Å². The standard InChI is InChI=1S/2C18H15P.2C6H11.CH3.HI.Pt/c2*1-4-10-16(11-5-1)19(17-12-6-2-7-13-17)18-14-8-3-9-15-18;2*1-3-5-6-4-2;;;/h2*1-15H;2*3H,1-2,4-6H2;1H3;1H;/q;;3*-1;;+1/p-1. The van der Waals surface area contributed by atoms with Crippen LogP contribution in [0.4, 0.5) is 0 Å². The van der Waals surface area contributed by atoms with Crippen LogP contribution in [0.25, 0.3) is 0 Å². The molecule has 0 unspecified atom stereocenters. The first-order chi connectivity index (χ1) is 25.7. The first-order valence-corrected chi connectivity index (χ1v) is 26.7. The maximum Gasteiger partial charge on any atom is -0.0134 e. The van der Waals surface area contributed by atoms with E-state index in [0.717, 1.165) is 25.7 Å². The summed E-state index contributed by atoms with van der Waals surface area (Å²) < 4.78 is 0. The third kappa shape index (κ3) is 19.3. The number of benzene rings is 6. The van der Waals surface area contributed by atoms with Crippen molar-refractivity contribution < 1.29 is 16.1 Å². The summed E-state index contributed by atoms with van der Waals surface area (Å²) in [6.45, 7) is 14.5. The van der Waals surface area contributed by atoms with Crippen LogP contribution in [-0.2, 0) is 16.1 Å². The second-order valence-corrected chi connectivity index (χ2v) is 15.7. The summed E-state index contributed by atoms with van der Waals surface area (Å²) in [7, 11) is -0.892. The minimum atomic E-state index is -0.446. The van der Waals surface area contributed by atoms with E-state index in [-0.39, 0.29) is 7.43 Å². The molecule has 0 aliphatic heterocycles. The Morgan fingerprint density at radius 2 is 0.566 bits per heavy atom. The molecule has 6 aromatic carbocycles. The zero-order chi connectivity index (χ0) is 37.5. The molecule has 0 N–H and O–H groups in total. The zero-order valence-corrected chi connectivity index (χ0v) is 37.4. The average molecular weight is 1030 g/mol. The second kappa shape index (κ2) is 32.5. The van der Waals surface area contributed by atoms with Crippen LogP contribution in [0.3, 0.4) is 0 Å². The Bertz CT molecular complexity index is 1370. The Kier molecular flexibility index (Phi) is 29.5. The van der Waals surface area contributed by atoms with E-state index in [9.17, 15) is 0 Å². The molecule has 0 aromatic heterocycles. The quantitative estimate of drug-likeness (QED) is 0.0377. The number of rotatable bonds is 12. The maximum absolute atomic E-state index is 3.68. The molecule has 0 aliphatic carbocycles. The van der Waals surface area contributed by atoms with Crippen LogP contribution in [0.2, 0.25) is 0 Å².